The zero-order chi connectivity index (χ0) is 9.68. The Morgan fingerprint density at radius 3 is 2.08 bits per heavy atom. The first-order valence-electron chi connectivity index (χ1n) is 4.87. The first kappa shape index (κ1) is 10.1. The van der Waals surface area contributed by atoms with Crippen molar-refractivity contribution in [2.24, 2.45) is 0 Å². The van der Waals surface area contributed by atoms with E-state index in [1.165, 1.54) is 5.56 Å². The molecule has 13 heavy (non-hydrogen) atoms. The number of hydrogen-bond acceptors (Lipinski definition) is 1. The first-order valence-corrected chi connectivity index (χ1v) is 4.87. The van der Waals surface area contributed by atoms with E-state index in [9.17, 15) is 0 Å². The predicted octanol–water partition coefficient (Wildman–Crippen LogP) is 0.817. The molecule has 2 nitrogen and oxygen atoms in total. The van der Waals surface area contributed by atoms with Crippen molar-refractivity contribution in [3.8, 4) is 5.75 Å². The van der Waals surface area contributed by atoms with Crippen LogP contribution in [0.2, 0.25) is 0 Å². The SMILES string of the molecule is CC[NH+](CC)Cc1ccc(O)cc1. The maximum Gasteiger partial charge on any atom is 0.115 e. The van der Waals surface area contributed by atoms with Gasteiger partial charge in [-0.15, -0.1) is 0 Å². The Morgan fingerprint density at radius 1 is 1.08 bits per heavy atom. The number of hydrogen-bond donors (Lipinski definition) is 2. The number of aromatic hydroxyl groups is 1. The fourth-order valence-corrected chi connectivity index (χ4v) is 1.40. The molecule has 72 valence electrons. The van der Waals surface area contributed by atoms with E-state index in [1.807, 2.05) is 12.1 Å². The summed E-state index contributed by atoms with van der Waals surface area (Å²) in [5.41, 5.74) is 1.29. The lowest BCUT2D eigenvalue weighted by Gasteiger charge is -2.14. The molecule has 2 N–H and O–H groups in total. The number of benzene rings is 1. The highest BCUT2D eigenvalue weighted by atomic mass is 16.3. The molecule has 0 fully saturated rings. The topological polar surface area (TPSA) is 24.7 Å². The lowest BCUT2D eigenvalue weighted by Crippen LogP contribution is -3.10. The van der Waals surface area contributed by atoms with Crippen molar-refractivity contribution in [1.82, 2.24) is 0 Å². The van der Waals surface area contributed by atoms with Gasteiger partial charge in [0, 0.05) is 5.56 Å². The molecule has 0 bridgehead atoms. The van der Waals surface area contributed by atoms with E-state index in [4.69, 9.17) is 5.11 Å². The van der Waals surface area contributed by atoms with Gasteiger partial charge in [-0.2, -0.15) is 0 Å². The summed E-state index contributed by atoms with van der Waals surface area (Å²) in [6.07, 6.45) is 0. The quantitative estimate of drug-likeness (QED) is 0.704. The van der Waals surface area contributed by atoms with Gasteiger partial charge in [-0.25, -0.2) is 0 Å². The van der Waals surface area contributed by atoms with Gasteiger partial charge in [-0.05, 0) is 38.1 Å². The van der Waals surface area contributed by atoms with Gasteiger partial charge in [0.05, 0.1) is 13.1 Å². The largest absolute Gasteiger partial charge is 0.508 e. The molecular formula is C11H18NO+. The van der Waals surface area contributed by atoms with E-state index >= 15 is 0 Å². The molecule has 0 radical (unpaired) electrons. The number of rotatable bonds is 4. The van der Waals surface area contributed by atoms with E-state index in [-0.39, 0.29) is 0 Å². The summed E-state index contributed by atoms with van der Waals surface area (Å²) in [7, 11) is 0. The minimum absolute atomic E-state index is 0.346. The second-order valence-electron chi connectivity index (χ2n) is 3.30. The van der Waals surface area contributed by atoms with Gasteiger partial charge in [-0.3, -0.25) is 0 Å². The van der Waals surface area contributed by atoms with E-state index < -0.39 is 0 Å². The smallest absolute Gasteiger partial charge is 0.115 e. The highest BCUT2D eigenvalue weighted by molar-refractivity contribution is 5.25. The zero-order valence-corrected chi connectivity index (χ0v) is 8.38. The Kier molecular flexibility index (Phi) is 3.77. The van der Waals surface area contributed by atoms with Crippen LogP contribution in [0.5, 0.6) is 5.75 Å². The predicted molar refractivity (Wildman–Crippen MR) is 53.9 cm³/mol. The fourth-order valence-electron chi connectivity index (χ4n) is 1.40. The molecule has 0 saturated carbocycles. The van der Waals surface area contributed by atoms with Crippen LogP contribution >= 0.6 is 0 Å². The molecule has 0 atom stereocenters. The maximum absolute atomic E-state index is 9.10. The van der Waals surface area contributed by atoms with Crippen LogP contribution in [0.25, 0.3) is 0 Å². The monoisotopic (exact) mass is 180 g/mol. The highest BCUT2D eigenvalue weighted by Crippen LogP contribution is 2.08. The minimum atomic E-state index is 0.346. The molecule has 0 heterocycles. The normalized spacial score (nSPS) is 10.7. The molecule has 0 amide bonds. The summed E-state index contributed by atoms with van der Waals surface area (Å²) in [5, 5.41) is 9.10. The Labute approximate surface area is 79.8 Å². The molecule has 0 unspecified atom stereocenters. The third kappa shape index (κ3) is 3.07. The Bertz CT molecular complexity index is 239. The second kappa shape index (κ2) is 4.87. The van der Waals surface area contributed by atoms with Crippen molar-refractivity contribution in [3.63, 3.8) is 0 Å². The van der Waals surface area contributed by atoms with E-state index in [0.29, 0.717) is 5.75 Å². The van der Waals surface area contributed by atoms with Crippen LogP contribution in [0.4, 0.5) is 0 Å². The second-order valence-corrected chi connectivity index (χ2v) is 3.30. The molecule has 2 heteroatoms. The van der Waals surface area contributed by atoms with Gasteiger partial charge in [0.15, 0.2) is 0 Å². The van der Waals surface area contributed by atoms with Gasteiger partial charge in [0.2, 0.25) is 0 Å². The Hall–Kier alpha value is -1.02. The standard InChI is InChI=1S/C11H17NO/c1-3-12(4-2)9-10-5-7-11(13)8-6-10/h5-8,13H,3-4,9H2,1-2H3/p+1. The summed E-state index contributed by atoms with van der Waals surface area (Å²) in [6, 6.07) is 7.47. The minimum Gasteiger partial charge on any atom is -0.508 e. The van der Waals surface area contributed by atoms with Gasteiger partial charge >= 0.3 is 0 Å². The van der Waals surface area contributed by atoms with Crippen LogP contribution < -0.4 is 4.90 Å². The summed E-state index contributed by atoms with van der Waals surface area (Å²) in [6.45, 7) is 7.74. The summed E-state index contributed by atoms with van der Waals surface area (Å²) < 4.78 is 0. The van der Waals surface area contributed by atoms with Gasteiger partial charge in [0.1, 0.15) is 12.3 Å². The summed E-state index contributed by atoms with van der Waals surface area (Å²) in [5.74, 6) is 0.346. The summed E-state index contributed by atoms with van der Waals surface area (Å²) in [4.78, 5) is 1.56. The number of nitrogens with one attached hydrogen (secondary N) is 1. The zero-order valence-electron chi connectivity index (χ0n) is 8.38. The van der Waals surface area contributed by atoms with Crippen LogP contribution in [-0.4, -0.2) is 18.2 Å². The summed E-state index contributed by atoms with van der Waals surface area (Å²) >= 11 is 0. The molecular weight excluding hydrogens is 162 g/mol. The van der Waals surface area contributed by atoms with Crippen molar-refractivity contribution >= 4 is 0 Å². The lowest BCUT2D eigenvalue weighted by atomic mass is 10.2. The van der Waals surface area contributed by atoms with Gasteiger partial charge < -0.3 is 10.0 Å². The van der Waals surface area contributed by atoms with Gasteiger partial charge in [0.25, 0.3) is 0 Å². The van der Waals surface area contributed by atoms with Crippen molar-refractivity contribution in [2.45, 2.75) is 20.4 Å². The maximum atomic E-state index is 9.10. The van der Waals surface area contributed by atoms with Crippen LogP contribution in [0.15, 0.2) is 24.3 Å². The molecule has 1 aromatic rings. The Morgan fingerprint density at radius 2 is 1.62 bits per heavy atom. The molecule has 0 aliphatic rings. The van der Waals surface area contributed by atoms with Crippen LogP contribution in [-0.2, 0) is 6.54 Å². The number of quaternary nitrogens is 1. The van der Waals surface area contributed by atoms with Gasteiger partial charge in [-0.1, -0.05) is 0 Å². The molecule has 0 aromatic heterocycles. The van der Waals surface area contributed by atoms with E-state index in [2.05, 4.69) is 13.8 Å². The molecule has 0 saturated heterocycles. The average Bonchev–Trinajstić information content (AvgIpc) is 2.17. The van der Waals surface area contributed by atoms with Crippen LogP contribution in [0.3, 0.4) is 0 Å². The average molecular weight is 180 g/mol. The van der Waals surface area contributed by atoms with Crippen molar-refractivity contribution in [1.29, 1.82) is 0 Å². The Balaban J connectivity index is 2.58. The third-order valence-corrected chi connectivity index (χ3v) is 2.39. The van der Waals surface area contributed by atoms with Crippen molar-refractivity contribution in [2.75, 3.05) is 13.1 Å². The van der Waals surface area contributed by atoms with Crippen molar-refractivity contribution in [3.05, 3.63) is 29.8 Å². The van der Waals surface area contributed by atoms with E-state index in [1.54, 1.807) is 17.0 Å². The van der Waals surface area contributed by atoms with E-state index in [0.717, 1.165) is 19.6 Å². The van der Waals surface area contributed by atoms with Crippen LogP contribution in [0, 0.1) is 0 Å². The van der Waals surface area contributed by atoms with Crippen molar-refractivity contribution < 1.29 is 10.0 Å². The lowest BCUT2D eigenvalue weighted by molar-refractivity contribution is -0.910. The molecule has 0 spiro atoms. The molecule has 0 aliphatic heterocycles. The fraction of sp³-hybridized carbons (Fsp3) is 0.455. The number of phenols is 1. The van der Waals surface area contributed by atoms with Crippen LogP contribution in [0.1, 0.15) is 19.4 Å². The molecule has 0 aliphatic carbocycles. The third-order valence-electron chi connectivity index (χ3n) is 2.39. The first-order chi connectivity index (χ1) is 6.26. The number of phenolic OH excluding ortho intramolecular Hbond substituents is 1. The highest BCUT2D eigenvalue weighted by Gasteiger charge is 2.03. The molecule has 1 aromatic carbocycles. The molecule has 1 rings (SSSR count).